The van der Waals surface area contributed by atoms with E-state index in [-0.39, 0.29) is 13.2 Å². The van der Waals surface area contributed by atoms with Gasteiger partial charge in [-0.05, 0) is 19.1 Å². The molecule has 0 aliphatic carbocycles. The predicted octanol–water partition coefficient (Wildman–Crippen LogP) is 1.25. The minimum atomic E-state index is -0.953. The second-order valence-corrected chi connectivity index (χ2v) is 3.90. The number of nitrogens with zero attached hydrogens (tertiary/aromatic N) is 3. The number of ether oxygens (including phenoxy) is 1. The number of carboxylic acid groups (broad SMARTS) is 1. The summed E-state index contributed by atoms with van der Waals surface area (Å²) in [5, 5.41) is 16.1. The Bertz CT molecular complexity index is 534. The number of hydrogen-bond donors (Lipinski definition) is 1. The molecule has 1 heterocycles. The number of carbonyl (C=O) groups is 1. The number of aliphatic carboxylic acids is 1. The predicted molar refractivity (Wildman–Crippen MR) is 63.2 cm³/mol. The first-order valence-electron chi connectivity index (χ1n) is 5.44. The van der Waals surface area contributed by atoms with E-state index in [2.05, 4.69) is 10.3 Å². The van der Waals surface area contributed by atoms with Gasteiger partial charge in [0.2, 0.25) is 0 Å². The molecule has 0 aliphatic heterocycles. The molecule has 94 valence electrons. The summed E-state index contributed by atoms with van der Waals surface area (Å²) in [5.41, 5.74) is 1.76. The third kappa shape index (κ3) is 3.31. The first-order valence-corrected chi connectivity index (χ1v) is 5.44. The Kier molecular flexibility index (Phi) is 3.57. The van der Waals surface area contributed by atoms with Crippen molar-refractivity contribution in [1.82, 2.24) is 15.0 Å². The van der Waals surface area contributed by atoms with E-state index in [0.717, 1.165) is 11.3 Å². The first-order chi connectivity index (χ1) is 8.63. The summed E-state index contributed by atoms with van der Waals surface area (Å²) >= 11 is 0. The van der Waals surface area contributed by atoms with Gasteiger partial charge in [0.15, 0.2) is 0 Å². The fourth-order valence-corrected chi connectivity index (χ4v) is 1.41. The van der Waals surface area contributed by atoms with Crippen molar-refractivity contribution in [2.24, 2.45) is 0 Å². The van der Waals surface area contributed by atoms with Gasteiger partial charge in [-0.15, -0.1) is 5.10 Å². The van der Waals surface area contributed by atoms with Crippen molar-refractivity contribution in [1.29, 1.82) is 0 Å². The molecule has 0 fully saturated rings. The van der Waals surface area contributed by atoms with Gasteiger partial charge in [-0.2, -0.15) is 0 Å². The Morgan fingerprint density at radius 3 is 2.78 bits per heavy atom. The van der Waals surface area contributed by atoms with Crippen LogP contribution in [-0.4, -0.2) is 26.1 Å². The van der Waals surface area contributed by atoms with Crippen LogP contribution in [0.25, 0.3) is 0 Å². The molecule has 0 bridgehead atoms. The maximum absolute atomic E-state index is 10.5. The monoisotopic (exact) mass is 247 g/mol. The summed E-state index contributed by atoms with van der Waals surface area (Å²) in [6.45, 7) is 2.07. The molecule has 1 aromatic heterocycles. The van der Waals surface area contributed by atoms with Crippen molar-refractivity contribution in [3.8, 4) is 5.75 Å². The van der Waals surface area contributed by atoms with Crippen molar-refractivity contribution in [3.05, 3.63) is 41.7 Å². The lowest BCUT2D eigenvalue weighted by Crippen LogP contribution is -2.08. The molecule has 0 unspecified atom stereocenters. The highest BCUT2D eigenvalue weighted by Gasteiger charge is 2.04. The Morgan fingerprint density at radius 1 is 1.39 bits per heavy atom. The Balaban J connectivity index is 1.92. The number of rotatable bonds is 5. The second kappa shape index (κ2) is 5.31. The number of benzene rings is 1. The highest BCUT2D eigenvalue weighted by molar-refractivity contribution is 5.66. The van der Waals surface area contributed by atoms with Crippen LogP contribution in [0, 0.1) is 6.92 Å². The number of aromatic nitrogens is 3. The Labute approximate surface area is 104 Å². The summed E-state index contributed by atoms with van der Waals surface area (Å²) in [6, 6.07) is 7.65. The minimum absolute atomic E-state index is 0.197. The summed E-state index contributed by atoms with van der Waals surface area (Å²) in [5.74, 6) is -0.209. The van der Waals surface area contributed by atoms with Crippen LogP contribution in [0.15, 0.2) is 30.5 Å². The fraction of sp³-hybridized carbons (Fsp3) is 0.250. The molecule has 6 heteroatoms. The normalized spacial score (nSPS) is 10.3. The zero-order chi connectivity index (χ0) is 13.0. The first kappa shape index (κ1) is 12.1. The van der Waals surface area contributed by atoms with Crippen molar-refractivity contribution in [3.63, 3.8) is 0 Å². The van der Waals surface area contributed by atoms with Gasteiger partial charge in [-0.25, -0.2) is 4.68 Å². The average Bonchev–Trinajstić information content (AvgIpc) is 2.75. The molecular weight excluding hydrogens is 234 g/mol. The van der Waals surface area contributed by atoms with Gasteiger partial charge in [-0.1, -0.05) is 22.9 Å². The van der Waals surface area contributed by atoms with Crippen molar-refractivity contribution in [2.75, 3.05) is 0 Å². The van der Waals surface area contributed by atoms with Gasteiger partial charge in [0.1, 0.15) is 24.6 Å². The van der Waals surface area contributed by atoms with Gasteiger partial charge in [0.25, 0.3) is 0 Å². The standard InChI is InChI=1S/C12H13N3O3/c1-9-2-4-11(5-3-9)18-8-10-6-15(14-13-10)7-12(16)17/h2-6H,7-8H2,1H3,(H,16,17). The largest absolute Gasteiger partial charge is 0.487 e. The second-order valence-electron chi connectivity index (χ2n) is 3.90. The Morgan fingerprint density at radius 2 is 2.11 bits per heavy atom. The molecule has 0 saturated carbocycles. The minimum Gasteiger partial charge on any atom is -0.487 e. The summed E-state index contributed by atoms with van der Waals surface area (Å²) in [7, 11) is 0. The molecule has 1 aromatic carbocycles. The lowest BCUT2D eigenvalue weighted by molar-refractivity contribution is -0.137. The molecule has 0 spiro atoms. The van der Waals surface area contributed by atoms with Gasteiger partial charge in [-0.3, -0.25) is 4.79 Å². The Hall–Kier alpha value is -2.37. The summed E-state index contributed by atoms with van der Waals surface area (Å²) < 4.78 is 6.76. The van der Waals surface area contributed by atoms with E-state index in [1.807, 2.05) is 31.2 Å². The maximum Gasteiger partial charge on any atom is 0.325 e. The van der Waals surface area contributed by atoms with Crippen LogP contribution in [0.5, 0.6) is 5.75 Å². The molecule has 2 rings (SSSR count). The van der Waals surface area contributed by atoms with Crippen LogP contribution < -0.4 is 4.74 Å². The van der Waals surface area contributed by atoms with Gasteiger partial charge < -0.3 is 9.84 Å². The highest BCUT2D eigenvalue weighted by atomic mass is 16.5. The van der Waals surface area contributed by atoms with E-state index in [1.165, 1.54) is 4.68 Å². The average molecular weight is 247 g/mol. The van der Waals surface area contributed by atoms with Crippen LogP contribution in [0.1, 0.15) is 11.3 Å². The van der Waals surface area contributed by atoms with Gasteiger partial charge in [0.05, 0.1) is 6.20 Å². The van der Waals surface area contributed by atoms with E-state index in [0.29, 0.717) is 5.69 Å². The zero-order valence-electron chi connectivity index (χ0n) is 9.91. The van der Waals surface area contributed by atoms with Crippen LogP contribution in [0.2, 0.25) is 0 Å². The van der Waals surface area contributed by atoms with Crippen molar-refractivity contribution < 1.29 is 14.6 Å². The van der Waals surface area contributed by atoms with Crippen LogP contribution in [0.3, 0.4) is 0 Å². The quantitative estimate of drug-likeness (QED) is 0.860. The molecule has 0 atom stereocenters. The third-order valence-electron chi connectivity index (χ3n) is 2.29. The van der Waals surface area contributed by atoms with E-state index in [9.17, 15) is 4.79 Å². The number of carboxylic acids is 1. The van der Waals surface area contributed by atoms with E-state index < -0.39 is 5.97 Å². The van der Waals surface area contributed by atoms with Gasteiger partial charge >= 0.3 is 5.97 Å². The molecule has 0 aliphatic rings. The van der Waals surface area contributed by atoms with Crippen LogP contribution in [-0.2, 0) is 17.9 Å². The zero-order valence-corrected chi connectivity index (χ0v) is 9.91. The highest BCUT2D eigenvalue weighted by Crippen LogP contribution is 2.12. The van der Waals surface area contributed by atoms with E-state index in [4.69, 9.17) is 9.84 Å². The SMILES string of the molecule is Cc1ccc(OCc2cn(CC(=O)O)nn2)cc1. The maximum atomic E-state index is 10.5. The molecule has 1 N–H and O–H groups in total. The van der Waals surface area contributed by atoms with E-state index in [1.54, 1.807) is 6.20 Å². The number of hydrogen-bond acceptors (Lipinski definition) is 4. The van der Waals surface area contributed by atoms with Gasteiger partial charge in [0, 0.05) is 0 Å². The van der Waals surface area contributed by atoms with Crippen molar-refractivity contribution in [2.45, 2.75) is 20.1 Å². The lowest BCUT2D eigenvalue weighted by atomic mass is 10.2. The molecule has 0 radical (unpaired) electrons. The number of aryl methyl sites for hydroxylation is 1. The van der Waals surface area contributed by atoms with Crippen LogP contribution in [0.4, 0.5) is 0 Å². The van der Waals surface area contributed by atoms with Crippen LogP contribution >= 0.6 is 0 Å². The smallest absolute Gasteiger partial charge is 0.325 e. The lowest BCUT2D eigenvalue weighted by Gasteiger charge is -2.03. The topological polar surface area (TPSA) is 77.2 Å². The molecule has 6 nitrogen and oxygen atoms in total. The van der Waals surface area contributed by atoms with Crippen molar-refractivity contribution >= 4 is 5.97 Å². The van der Waals surface area contributed by atoms with E-state index >= 15 is 0 Å². The fourth-order valence-electron chi connectivity index (χ4n) is 1.41. The third-order valence-corrected chi connectivity index (χ3v) is 2.29. The molecular formula is C12H13N3O3. The molecule has 2 aromatic rings. The summed E-state index contributed by atoms with van der Waals surface area (Å²) in [6.07, 6.45) is 1.56. The molecule has 0 amide bonds. The molecule has 18 heavy (non-hydrogen) atoms. The summed E-state index contributed by atoms with van der Waals surface area (Å²) in [4.78, 5) is 10.5. The molecule has 0 saturated heterocycles.